The first-order valence-corrected chi connectivity index (χ1v) is 12.2. The zero-order valence-corrected chi connectivity index (χ0v) is 21.8. The van der Waals surface area contributed by atoms with Crippen LogP contribution in [0.15, 0.2) is 48.5 Å². The summed E-state index contributed by atoms with van der Waals surface area (Å²) < 4.78 is 12.5. The van der Waals surface area contributed by atoms with E-state index in [1.54, 1.807) is 27.8 Å². The van der Waals surface area contributed by atoms with Crippen LogP contribution >= 0.6 is 0 Å². The number of nitrogens with zero attached hydrogens (tertiary/aromatic N) is 3. The fraction of sp³-hybridized carbons (Fsp3) is 0.393. The van der Waals surface area contributed by atoms with Crippen molar-refractivity contribution in [3.63, 3.8) is 0 Å². The lowest BCUT2D eigenvalue weighted by Gasteiger charge is -2.24. The molecule has 0 saturated heterocycles. The number of ether oxygens (including phenoxy) is 2. The predicted octanol–water partition coefficient (Wildman–Crippen LogP) is 4.94. The molecule has 1 aromatic heterocycles. The van der Waals surface area contributed by atoms with Gasteiger partial charge in [-0.2, -0.15) is 5.10 Å². The van der Waals surface area contributed by atoms with Crippen LogP contribution in [0.2, 0.25) is 0 Å². The van der Waals surface area contributed by atoms with Gasteiger partial charge >= 0.3 is 0 Å². The Morgan fingerprint density at radius 1 is 1.08 bits per heavy atom. The molecule has 2 amide bonds. The molecular weight excluding hydrogens is 456 g/mol. The third kappa shape index (κ3) is 5.53. The highest BCUT2D eigenvalue weighted by Gasteiger charge is 2.25. The summed E-state index contributed by atoms with van der Waals surface area (Å²) in [7, 11) is 0. The average molecular weight is 491 g/mol. The summed E-state index contributed by atoms with van der Waals surface area (Å²) in [6.45, 7) is 12.8. The van der Waals surface area contributed by atoms with Crippen LogP contribution in [-0.4, -0.2) is 46.4 Å². The Kier molecular flexibility index (Phi) is 7.06. The Hall–Kier alpha value is -3.81. The number of aryl methyl sites for hydroxylation is 1. The molecule has 0 saturated carbocycles. The Bertz CT molecular complexity index is 1270. The Balaban J connectivity index is 1.59. The quantitative estimate of drug-likeness (QED) is 0.507. The zero-order valence-electron chi connectivity index (χ0n) is 21.8. The normalized spacial score (nSPS) is 12.6. The highest BCUT2D eigenvalue weighted by Crippen LogP contribution is 2.33. The van der Waals surface area contributed by atoms with Crippen molar-refractivity contribution in [1.82, 2.24) is 14.7 Å². The second kappa shape index (κ2) is 10.0. The van der Waals surface area contributed by atoms with E-state index in [0.29, 0.717) is 29.4 Å². The van der Waals surface area contributed by atoms with Crippen LogP contribution < -0.4 is 14.8 Å². The molecule has 1 aliphatic rings. The van der Waals surface area contributed by atoms with Crippen LogP contribution in [0.4, 0.5) is 5.82 Å². The second-order valence-electron chi connectivity index (χ2n) is 10.6. The molecule has 3 aromatic rings. The SMILES string of the molecule is Cc1ccccc1-n1nc(C(C)(C)C)cc1NC(=O)CN(CC(C)C)C(=O)c1ccc2c(c1)OCO2. The first-order chi connectivity index (χ1) is 17.0. The fourth-order valence-corrected chi connectivity index (χ4v) is 4.05. The van der Waals surface area contributed by atoms with Crippen molar-refractivity contribution in [2.75, 3.05) is 25.2 Å². The van der Waals surface area contributed by atoms with E-state index in [-0.39, 0.29) is 36.5 Å². The van der Waals surface area contributed by atoms with Gasteiger partial charge in [0.15, 0.2) is 11.5 Å². The number of amides is 2. The largest absolute Gasteiger partial charge is 0.454 e. The van der Waals surface area contributed by atoms with Crippen LogP contribution in [0.3, 0.4) is 0 Å². The van der Waals surface area contributed by atoms with Crippen molar-refractivity contribution >= 4 is 17.6 Å². The molecule has 0 spiro atoms. The van der Waals surface area contributed by atoms with Crippen LogP contribution in [0, 0.1) is 12.8 Å². The lowest BCUT2D eigenvalue weighted by molar-refractivity contribution is -0.117. The molecule has 8 heteroatoms. The predicted molar refractivity (Wildman–Crippen MR) is 139 cm³/mol. The summed E-state index contributed by atoms with van der Waals surface area (Å²) in [6, 6.07) is 14.9. The summed E-state index contributed by atoms with van der Waals surface area (Å²) in [4.78, 5) is 28.2. The molecule has 0 unspecified atom stereocenters. The number of carbonyl (C=O) groups excluding carboxylic acids is 2. The van der Waals surface area contributed by atoms with Gasteiger partial charge in [-0.3, -0.25) is 9.59 Å². The first kappa shape index (κ1) is 25.3. The average Bonchev–Trinajstić information content (AvgIpc) is 3.44. The smallest absolute Gasteiger partial charge is 0.254 e. The highest BCUT2D eigenvalue weighted by molar-refractivity contribution is 5.99. The zero-order chi connectivity index (χ0) is 26.0. The lowest BCUT2D eigenvalue weighted by atomic mass is 9.92. The number of hydrogen-bond acceptors (Lipinski definition) is 5. The van der Waals surface area contributed by atoms with Gasteiger partial charge in [0.1, 0.15) is 12.4 Å². The monoisotopic (exact) mass is 490 g/mol. The molecule has 190 valence electrons. The number of hydrogen-bond donors (Lipinski definition) is 1. The molecule has 8 nitrogen and oxygen atoms in total. The summed E-state index contributed by atoms with van der Waals surface area (Å²) >= 11 is 0. The summed E-state index contributed by atoms with van der Waals surface area (Å²) in [6.07, 6.45) is 0. The van der Waals surface area contributed by atoms with Crippen molar-refractivity contribution < 1.29 is 19.1 Å². The van der Waals surface area contributed by atoms with Gasteiger partial charge in [-0.1, -0.05) is 52.8 Å². The number of aromatic nitrogens is 2. The standard InChI is InChI=1S/C28H34N4O4/c1-18(2)15-31(27(34)20-11-12-22-23(13-20)36-17-35-22)16-26(33)29-25-14-24(28(4,5)6)30-32(25)21-10-8-7-9-19(21)3/h7-14,18H,15-17H2,1-6H3,(H,29,33). The lowest BCUT2D eigenvalue weighted by Crippen LogP contribution is -2.40. The number of benzene rings is 2. The molecule has 0 atom stereocenters. The van der Waals surface area contributed by atoms with Crippen molar-refractivity contribution in [1.29, 1.82) is 0 Å². The Morgan fingerprint density at radius 2 is 1.81 bits per heavy atom. The molecule has 36 heavy (non-hydrogen) atoms. The van der Waals surface area contributed by atoms with Gasteiger partial charge in [0.25, 0.3) is 5.91 Å². The second-order valence-corrected chi connectivity index (χ2v) is 10.6. The minimum absolute atomic E-state index is 0.0880. The van der Waals surface area contributed by atoms with Crippen molar-refractivity contribution in [2.24, 2.45) is 5.92 Å². The van der Waals surface area contributed by atoms with E-state index in [9.17, 15) is 9.59 Å². The van der Waals surface area contributed by atoms with Crippen molar-refractivity contribution in [2.45, 2.75) is 47.0 Å². The summed E-state index contributed by atoms with van der Waals surface area (Å²) in [5, 5.41) is 7.81. The number of anilines is 1. The minimum Gasteiger partial charge on any atom is -0.454 e. The van der Waals surface area contributed by atoms with E-state index in [4.69, 9.17) is 14.6 Å². The topological polar surface area (TPSA) is 85.7 Å². The maximum atomic E-state index is 13.4. The van der Waals surface area contributed by atoms with Crippen molar-refractivity contribution in [3.8, 4) is 17.2 Å². The molecule has 1 N–H and O–H groups in total. The molecule has 0 radical (unpaired) electrons. The summed E-state index contributed by atoms with van der Waals surface area (Å²) in [5.74, 6) is 1.37. The van der Waals surface area contributed by atoms with Crippen LogP contribution in [-0.2, 0) is 10.2 Å². The van der Waals surface area contributed by atoms with Gasteiger partial charge in [-0.25, -0.2) is 4.68 Å². The van der Waals surface area contributed by atoms with Crippen molar-refractivity contribution in [3.05, 3.63) is 65.4 Å². The van der Waals surface area contributed by atoms with Gasteiger partial charge in [-0.05, 0) is 42.7 Å². The molecule has 1 aliphatic heterocycles. The highest BCUT2D eigenvalue weighted by atomic mass is 16.7. The Morgan fingerprint density at radius 3 is 2.50 bits per heavy atom. The molecule has 2 heterocycles. The fourth-order valence-electron chi connectivity index (χ4n) is 4.05. The Labute approximate surface area is 212 Å². The van der Waals surface area contributed by atoms with Gasteiger partial charge in [-0.15, -0.1) is 0 Å². The van der Waals surface area contributed by atoms with Gasteiger partial charge < -0.3 is 19.7 Å². The third-order valence-corrected chi connectivity index (χ3v) is 5.92. The number of fused-ring (bicyclic) bond motifs is 1. The van der Waals surface area contributed by atoms with Gasteiger partial charge in [0, 0.05) is 23.6 Å². The van der Waals surface area contributed by atoms with E-state index < -0.39 is 0 Å². The van der Waals surface area contributed by atoms with Crippen LogP contribution in [0.25, 0.3) is 5.69 Å². The van der Waals surface area contributed by atoms with Crippen LogP contribution in [0.1, 0.15) is 56.2 Å². The molecule has 2 aromatic carbocycles. The van der Waals surface area contributed by atoms with E-state index in [0.717, 1.165) is 16.9 Å². The number of para-hydroxylation sites is 1. The minimum atomic E-state index is -0.292. The van der Waals surface area contributed by atoms with E-state index in [1.807, 2.05) is 51.1 Å². The molecule has 0 fully saturated rings. The van der Waals surface area contributed by atoms with E-state index in [2.05, 4.69) is 26.1 Å². The molecule has 4 rings (SSSR count). The molecular formula is C28H34N4O4. The summed E-state index contributed by atoms with van der Waals surface area (Å²) in [5.41, 5.74) is 3.03. The van der Waals surface area contributed by atoms with E-state index >= 15 is 0 Å². The third-order valence-electron chi connectivity index (χ3n) is 5.92. The number of rotatable bonds is 7. The maximum Gasteiger partial charge on any atom is 0.254 e. The van der Waals surface area contributed by atoms with Gasteiger partial charge in [0.2, 0.25) is 12.7 Å². The molecule has 0 bridgehead atoms. The molecule has 0 aliphatic carbocycles. The number of nitrogens with one attached hydrogen (secondary N) is 1. The van der Waals surface area contributed by atoms with Gasteiger partial charge in [0.05, 0.1) is 11.4 Å². The maximum absolute atomic E-state index is 13.4. The first-order valence-electron chi connectivity index (χ1n) is 12.2. The van der Waals surface area contributed by atoms with Crippen LogP contribution in [0.5, 0.6) is 11.5 Å². The van der Waals surface area contributed by atoms with E-state index in [1.165, 1.54) is 0 Å². The number of carbonyl (C=O) groups is 2.